The Labute approximate surface area is 226 Å². The highest BCUT2D eigenvalue weighted by molar-refractivity contribution is 7.90. The van der Waals surface area contributed by atoms with E-state index in [1.165, 1.54) is 0 Å². The van der Waals surface area contributed by atoms with Crippen molar-refractivity contribution in [3.05, 3.63) is 87.9 Å². The Morgan fingerprint density at radius 1 is 1.16 bits per heavy atom. The van der Waals surface area contributed by atoms with Crippen LogP contribution >= 0.6 is 22.9 Å². The zero-order valence-corrected chi connectivity index (χ0v) is 23.0. The van der Waals surface area contributed by atoms with E-state index in [-0.39, 0.29) is 5.25 Å². The van der Waals surface area contributed by atoms with Crippen molar-refractivity contribution in [1.82, 2.24) is 9.71 Å². The minimum Gasteiger partial charge on any atom is -0.366 e. The lowest BCUT2D eigenvalue weighted by Gasteiger charge is -2.19. The first kappa shape index (κ1) is 26.3. The highest BCUT2D eigenvalue weighted by Gasteiger charge is 2.38. The summed E-state index contributed by atoms with van der Waals surface area (Å²) < 4.78 is 35.4. The number of sulfonamides is 1. The van der Waals surface area contributed by atoms with Crippen LogP contribution < -0.4 is 4.72 Å². The van der Waals surface area contributed by atoms with Gasteiger partial charge in [0.05, 0.1) is 23.6 Å². The van der Waals surface area contributed by atoms with Gasteiger partial charge in [0.1, 0.15) is 0 Å². The molecule has 1 atom stereocenters. The van der Waals surface area contributed by atoms with Crippen molar-refractivity contribution in [3.8, 4) is 11.3 Å². The van der Waals surface area contributed by atoms with E-state index in [4.69, 9.17) is 16.3 Å². The van der Waals surface area contributed by atoms with Crippen molar-refractivity contribution in [2.45, 2.75) is 50.2 Å². The molecule has 2 aromatic carbocycles. The van der Waals surface area contributed by atoms with Gasteiger partial charge in [-0.15, -0.1) is 11.3 Å². The summed E-state index contributed by atoms with van der Waals surface area (Å²) in [5, 5.41) is 11.0. The molecule has 2 aromatic heterocycles. The fourth-order valence-electron chi connectivity index (χ4n) is 4.25. The van der Waals surface area contributed by atoms with Crippen LogP contribution in [0.5, 0.6) is 0 Å². The van der Waals surface area contributed by atoms with Crippen LogP contribution in [0.15, 0.2) is 66.9 Å². The number of nitrogens with one attached hydrogen (secondary N) is 1. The molecule has 1 fully saturated rings. The average molecular weight is 557 g/mol. The van der Waals surface area contributed by atoms with Crippen LogP contribution in [0.1, 0.15) is 48.7 Å². The molecule has 1 unspecified atom stereocenters. The first-order valence-electron chi connectivity index (χ1n) is 12.2. The van der Waals surface area contributed by atoms with Gasteiger partial charge in [-0.25, -0.2) is 13.1 Å². The molecule has 4 aromatic rings. The minimum absolute atomic E-state index is 0.338. The third kappa shape index (κ3) is 6.22. The highest BCUT2D eigenvalue weighted by atomic mass is 35.5. The number of thiophene rings is 1. The molecule has 37 heavy (non-hydrogen) atoms. The number of hydrogen-bond donors (Lipinski definition) is 2. The highest BCUT2D eigenvalue weighted by Crippen LogP contribution is 2.41. The van der Waals surface area contributed by atoms with Crippen molar-refractivity contribution in [3.63, 3.8) is 0 Å². The summed E-state index contributed by atoms with van der Waals surface area (Å²) >= 11 is 8.09. The summed E-state index contributed by atoms with van der Waals surface area (Å²) in [5.74, 6) is -1.17. The number of ether oxygens (including phenoxy) is 1. The van der Waals surface area contributed by atoms with Crippen molar-refractivity contribution in [2.24, 2.45) is 0 Å². The number of rotatable bonds is 10. The van der Waals surface area contributed by atoms with Gasteiger partial charge in [-0.05, 0) is 73.9 Å². The molecule has 1 aliphatic rings. The number of fused-ring (bicyclic) bond motifs is 1. The van der Waals surface area contributed by atoms with Crippen molar-refractivity contribution in [1.29, 1.82) is 0 Å². The second-order valence-corrected chi connectivity index (χ2v) is 13.3. The van der Waals surface area contributed by atoms with E-state index in [2.05, 4.69) is 9.71 Å². The van der Waals surface area contributed by atoms with Crippen LogP contribution in [-0.4, -0.2) is 36.2 Å². The fraction of sp³-hybridized carbons (Fsp3) is 0.321. The predicted octanol–water partition coefficient (Wildman–Crippen LogP) is 6.08. The van der Waals surface area contributed by atoms with E-state index in [9.17, 15) is 13.5 Å². The molecule has 2 heterocycles. The molecule has 0 saturated heterocycles. The van der Waals surface area contributed by atoms with E-state index in [1.54, 1.807) is 37.4 Å². The van der Waals surface area contributed by atoms with Gasteiger partial charge in [-0.3, -0.25) is 4.98 Å². The van der Waals surface area contributed by atoms with Crippen LogP contribution in [0.25, 0.3) is 21.3 Å². The molecule has 0 spiro atoms. The van der Waals surface area contributed by atoms with Crippen molar-refractivity contribution < 1.29 is 18.3 Å². The first-order valence-corrected chi connectivity index (χ1v) is 14.9. The van der Waals surface area contributed by atoms with Crippen molar-refractivity contribution in [2.75, 3.05) is 6.61 Å². The molecule has 1 saturated carbocycles. The number of pyridine rings is 1. The van der Waals surface area contributed by atoms with Crippen LogP contribution in [-0.2, 0) is 21.2 Å². The maximum Gasteiger partial charge on any atom is 0.215 e. The number of nitrogens with zero attached hydrogens (tertiary/aromatic N) is 1. The molecule has 6 nitrogen and oxygen atoms in total. The summed E-state index contributed by atoms with van der Waals surface area (Å²) in [7, 11) is -3.47. The number of aliphatic hydroxyl groups is 1. The first-order chi connectivity index (χ1) is 17.6. The van der Waals surface area contributed by atoms with Gasteiger partial charge < -0.3 is 9.84 Å². The van der Waals surface area contributed by atoms with Crippen LogP contribution in [0.3, 0.4) is 0 Å². The standard InChI is InChI=1S/C28H29ClN2O4S2/c1-28(2,32)35-15-13-18-12-14-30-24(16-18)22-8-5-6-19-17-25(36-27(19)22)26(21-7-3-4-9-23(21)29)31-37(33,34)20-10-11-20/h3-9,12,14,16-17,20,26,31-32H,10-11,13,15H2,1-2H3. The largest absolute Gasteiger partial charge is 0.366 e. The van der Waals surface area contributed by atoms with Crippen molar-refractivity contribution >= 4 is 43.0 Å². The number of benzene rings is 2. The Bertz CT molecular complexity index is 1520. The Kier molecular flexibility index (Phi) is 7.42. The molecule has 1 aliphatic carbocycles. The molecular weight excluding hydrogens is 528 g/mol. The van der Waals surface area contributed by atoms with Gasteiger partial charge in [-0.1, -0.05) is 48.0 Å². The fourth-order valence-corrected chi connectivity index (χ4v) is 7.35. The molecule has 0 aliphatic heterocycles. The number of halogens is 1. The molecule has 2 N–H and O–H groups in total. The Hall–Kier alpha value is -2.33. The third-order valence-corrected chi connectivity index (χ3v) is 9.76. The number of hydrogen-bond acceptors (Lipinski definition) is 6. The van der Waals surface area contributed by atoms with E-state index in [0.29, 0.717) is 30.9 Å². The predicted molar refractivity (Wildman–Crippen MR) is 149 cm³/mol. The zero-order chi connectivity index (χ0) is 26.2. The average Bonchev–Trinajstić information content (AvgIpc) is 3.62. The summed E-state index contributed by atoms with van der Waals surface area (Å²) in [6.07, 6.45) is 3.79. The summed E-state index contributed by atoms with van der Waals surface area (Å²) in [6, 6.07) is 18.8. The molecule has 0 radical (unpaired) electrons. The second-order valence-electron chi connectivity index (χ2n) is 9.78. The Morgan fingerprint density at radius 2 is 1.95 bits per heavy atom. The molecule has 0 bridgehead atoms. The molecule has 5 rings (SSSR count). The lowest BCUT2D eigenvalue weighted by molar-refractivity contribution is -0.175. The lowest BCUT2D eigenvalue weighted by Crippen LogP contribution is -2.31. The monoisotopic (exact) mass is 556 g/mol. The summed E-state index contributed by atoms with van der Waals surface area (Å²) in [4.78, 5) is 5.49. The quantitative estimate of drug-likeness (QED) is 0.231. The van der Waals surface area contributed by atoms with Gasteiger partial charge in [0.2, 0.25) is 10.0 Å². The van der Waals surface area contributed by atoms with E-state index < -0.39 is 21.9 Å². The third-order valence-electron chi connectivity index (χ3n) is 6.26. The van der Waals surface area contributed by atoms with E-state index in [0.717, 1.165) is 37.3 Å². The molecule has 194 valence electrons. The summed E-state index contributed by atoms with van der Waals surface area (Å²) in [5.41, 5.74) is 3.58. The lowest BCUT2D eigenvalue weighted by atomic mass is 10.0. The maximum atomic E-state index is 13.0. The van der Waals surface area contributed by atoms with Gasteiger partial charge >= 0.3 is 0 Å². The van der Waals surface area contributed by atoms with E-state index in [1.807, 2.05) is 54.6 Å². The number of aromatic nitrogens is 1. The van der Waals surface area contributed by atoms with Gasteiger partial charge in [-0.2, -0.15) is 0 Å². The van der Waals surface area contributed by atoms with Crippen LogP contribution in [0, 0.1) is 0 Å². The molecule has 9 heteroatoms. The Morgan fingerprint density at radius 3 is 2.68 bits per heavy atom. The smallest absolute Gasteiger partial charge is 0.215 e. The summed E-state index contributed by atoms with van der Waals surface area (Å²) in [6.45, 7) is 3.61. The Balaban J connectivity index is 1.51. The van der Waals surface area contributed by atoms with Crippen LogP contribution in [0.2, 0.25) is 5.02 Å². The topological polar surface area (TPSA) is 88.5 Å². The van der Waals surface area contributed by atoms with E-state index >= 15 is 0 Å². The normalized spacial score (nSPS) is 15.2. The van der Waals surface area contributed by atoms with Crippen LogP contribution in [0.4, 0.5) is 0 Å². The second kappa shape index (κ2) is 10.4. The maximum absolute atomic E-state index is 13.0. The SMILES string of the molecule is CC(C)(O)OCCc1ccnc(-c2cccc3cc(C(NS(=O)(=O)C4CC4)c4ccccc4Cl)sc23)c1. The minimum atomic E-state index is -3.47. The zero-order valence-electron chi connectivity index (χ0n) is 20.6. The molecule has 0 amide bonds. The van der Waals surface area contributed by atoms with Gasteiger partial charge in [0.15, 0.2) is 5.79 Å². The van der Waals surface area contributed by atoms with Gasteiger partial charge in [0, 0.05) is 26.4 Å². The van der Waals surface area contributed by atoms with Gasteiger partial charge in [0.25, 0.3) is 0 Å². The molecular formula is C28H29ClN2O4S2.